The topological polar surface area (TPSA) is 24.9 Å². The monoisotopic (exact) mass is 254 g/mol. The lowest BCUT2D eigenvalue weighted by Gasteiger charge is -2.22. The van der Waals surface area contributed by atoms with Crippen LogP contribution in [0.25, 0.3) is 10.9 Å². The fourth-order valence-corrected chi connectivity index (χ4v) is 3.58. The van der Waals surface area contributed by atoms with Crippen LogP contribution in [0.15, 0.2) is 36.5 Å². The maximum Gasteiger partial charge on any atom is 0.0736 e. The quantitative estimate of drug-likeness (QED) is 0.903. The molecule has 1 fully saturated rings. The summed E-state index contributed by atoms with van der Waals surface area (Å²) in [6, 6.07) is 11.4. The molecule has 1 heterocycles. The first-order chi connectivity index (χ1) is 9.31. The Balaban J connectivity index is 1.97. The van der Waals surface area contributed by atoms with Crippen molar-refractivity contribution in [3.8, 4) is 0 Å². The number of aromatic nitrogens is 1. The van der Waals surface area contributed by atoms with Crippen LogP contribution in [0, 0.1) is 5.92 Å². The van der Waals surface area contributed by atoms with Crippen molar-refractivity contribution < 1.29 is 0 Å². The van der Waals surface area contributed by atoms with Crippen molar-refractivity contribution in [3.05, 3.63) is 42.1 Å². The van der Waals surface area contributed by atoms with Crippen LogP contribution < -0.4 is 5.32 Å². The number of nitrogens with one attached hydrogen (secondary N) is 1. The third-order valence-corrected chi connectivity index (χ3v) is 4.59. The summed E-state index contributed by atoms with van der Waals surface area (Å²) in [7, 11) is 0. The largest absolute Gasteiger partial charge is 0.314 e. The highest BCUT2D eigenvalue weighted by Gasteiger charge is 2.33. The van der Waals surface area contributed by atoms with Gasteiger partial charge in [0.05, 0.1) is 5.52 Å². The smallest absolute Gasteiger partial charge is 0.0736 e. The number of hydrogen-bond acceptors (Lipinski definition) is 2. The van der Waals surface area contributed by atoms with Gasteiger partial charge in [0.1, 0.15) is 0 Å². The molecule has 3 atom stereocenters. The van der Waals surface area contributed by atoms with E-state index in [0.717, 1.165) is 6.54 Å². The normalized spacial score (nSPS) is 26.9. The minimum Gasteiger partial charge on any atom is -0.314 e. The Morgan fingerprint density at radius 1 is 1.21 bits per heavy atom. The van der Waals surface area contributed by atoms with E-state index in [0.29, 0.717) is 17.9 Å². The van der Waals surface area contributed by atoms with Crippen LogP contribution in [0.3, 0.4) is 0 Å². The number of fused-ring (bicyclic) bond motifs is 1. The van der Waals surface area contributed by atoms with E-state index in [9.17, 15) is 0 Å². The summed E-state index contributed by atoms with van der Waals surface area (Å²) in [4.78, 5) is 4.61. The molecule has 19 heavy (non-hydrogen) atoms. The Kier molecular flexibility index (Phi) is 3.52. The molecule has 2 nitrogen and oxygen atoms in total. The SMILES string of the molecule is CCNC1CCC(c2cccc3cccnc23)C1C. The molecule has 0 spiro atoms. The Bertz CT molecular complexity index is 559. The second-order valence-corrected chi connectivity index (χ2v) is 5.63. The Labute approximate surface area is 115 Å². The van der Waals surface area contributed by atoms with Crippen molar-refractivity contribution in [2.24, 2.45) is 5.92 Å². The van der Waals surface area contributed by atoms with Gasteiger partial charge in [0.15, 0.2) is 0 Å². The molecule has 100 valence electrons. The summed E-state index contributed by atoms with van der Waals surface area (Å²) in [6.45, 7) is 5.64. The van der Waals surface area contributed by atoms with Crippen LogP contribution in [0.5, 0.6) is 0 Å². The average molecular weight is 254 g/mol. The lowest BCUT2D eigenvalue weighted by molar-refractivity contribution is 0.413. The van der Waals surface area contributed by atoms with Crippen LogP contribution in [0.2, 0.25) is 0 Å². The minimum absolute atomic E-state index is 0.641. The fourth-order valence-electron chi connectivity index (χ4n) is 3.58. The van der Waals surface area contributed by atoms with Crippen molar-refractivity contribution in [1.82, 2.24) is 10.3 Å². The molecule has 0 radical (unpaired) electrons. The molecule has 0 saturated heterocycles. The summed E-state index contributed by atoms with van der Waals surface area (Å²) in [6.07, 6.45) is 4.46. The van der Waals surface area contributed by atoms with E-state index in [1.54, 1.807) is 0 Å². The van der Waals surface area contributed by atoms with E-state index in [1.165, 1.54) is 29.3 Å². The van der Waals surface area contributed by atoms with E-state index < -0.39 is 0 Å². The zero-order chi connectivity index (χ0) is 13.2. The van der Waals surface area contributed by atoms with Gasteiger partial charge in [-0.25, -0.2) is 0 Å². The van der Waals surface area contributed by atoms with E-state index in [1.807, 2.05) is 12.3 Å². The van der Waals surface area contributed by atoms with Crippen LogP contribution in [0.4, 0.5) is 0 Å². The van der Waals surface area contributed by atoms with E-state index in [2.05, 4.69) is 48.4 Å². The summed E-state index contributed by atoms with van der Waals surface area (Å²) in [5.74, 6) is 1.33. The average Bonchev–Trinajstić information content (AvgIpc) is 2.80. The predicted octanol–water partition coefficient (Wildman–Crippen LogP) is 3.73. The molecule has 0 amide bonds. The number of benzene rings is 1. The van der Waals surface area contributed by atoms with Crippen molar-refractivity contribution in [2.45, 2.75) is 38.6 Å². The fraction of sp³-hybridized carbons (Fsp3) is 0.471. The van der Waals surface area contributed by atoms with Gasteiger partial charge >= 0.3 is 0 Å². The molecule has 0 bridgehead atoms. The minimum atomic E-state index is 0.641. The van der Waals surface area contributed by atoms with Crippen molar-refractivity contribution in [1.29, 1.82) is 0 Å². The van der Waals surface area contributed by atoms with Crippen LogP contribution in [-0.2, 0) is 0 Å². The van der Waals surface area contributed by atoms with Crippen LogP contribution in [0.1, 0.15) is 38.2 Å². The predicted molar refractivity (Wildman–Crippen MR) is 80.3 cm³/mol. The van der Waals surface area contributed by atoms with Crippen LogP contribution in [-0.4, -0.2) is 17.6 Å². The number of nitrogens with zero attached hydrogens (tertiary/aromatic N) is 1. The molecular formula is C17H22N2. The van der Waals surface area contributed by atoms with Gasteiger partial charge in [0, 0.05) is 17.6 Å². The molecule has 1 aromatic carbocycles. The molecule has 1 aromatic heterocycles. The second-order valence-electron chi connectivity index (χ2n) is 5.63. The van der Waals surface area contributed by atoms with Gasteiger partial charge < -0.3 is 5.32 Å². The first-order valence-corrected chi connectivity index (χ1v) is 7.38. The molecule has 1 N–H and O–H groups in total. The molecule has 1 saturated carbocycles. The van der Waals surface area contributed by atoms with Crippen molar-refractivity contribution >= 4 is 10.9 Å². The van der Waals surface area contributed by atoms with Crippen LogP contribution >= 0.6 is 0 Å². The maximum atomic E-state index is 4.61. The molecule has 3 unspecified atom stereocenters. The van der Waals surface area contributed by atoms with Gasteiger partial charge in [0.25, 0.3) is 0 Å². The molecule has 1 aliphatic carbocycles. The van der Waals surface area contributed by atoms with Gasteiger partial charge in [-0.2, -0.15) is 0 Å². The number of rotatable bonds is 3. The first-order valence-electron chi connectivity index (χ1n) is 7.38. The van der Waals surface area contributed by atoms with Crippen molar-refractivity contribution in [2.75, 3.05) is 6.54 Å². The second kappa shape index (κ2) is 5.30. The van der Waals surface area contributed by atoms with Gasteiger partial charge in [0.2, 0.25) is 0 Å². The summed E-state index contributed by atoms with van der Waals surface area (Å²) < 4.78 is 0. The van der Waals surface area contributed by atoms with Crippen molar-refractivity contribution in [3.63, 3.8) is 0 Å². The molecule has 3 rings (SSSR count). The lowest BCUT2D eigenvalue weighted by Crippen LogP contribution is -2.32. The van der Waals surface area contributed by atoms with E-state index in [-0.39, 0.29) is 0 Å². The number of pyridine rings is 1. The molecule has 2 aromatic rings. The highest BCUT2D eigenvalue weighted by molar-refractivity contribution is 5.82. The van der Waals surface area contributed by atoms with Gasteiger partial charge in [-0.05, 0) is 42.9 Å². The number of para-hydroxylation sites is 1. The highest BCUT2D eigenvalue weighted by Crippen LogP contribution is 2.41. The first kappa shape index (κ1) is 12.6. The van der Waals surface area contributed by atoms with Gasteiger partial charge in [-0.3, -0.25) is 4.98 Å². The highest BCUT2D eigenvalue weighted by atomic mass is 14.9. The number of hydrogen-bond donors (Lipinski definition) is 1. The van der Waals surface area contributed by atoms with E-state index in [4.69, 9.17) is 0 Å². The van der Waals surface area contributed by atoms with Gasteiger partial charge in [-0.15, -0.1) is 0 Å². The zero-order valence-corrected chi connectivity index (χ0v) is 11.8. The lowest BCUT2D eigenvalue weighted by atomic mass is 9.87. The molecule has 1 aliphatic rings. The summed E-state index contributed by atoms with van der Waals surface area (Å²) in [5.41, 5.74) is 2.63. The van der Waals surface area contributed by atoms with E-state index >= 15 is 0 Å². The van der Waals surface area contributed by atoms with Gasteiger partial charge in [-0.1, -0.05) is 38.1 Å². The maximum absolute atomic E-state index is 4.61. The molecular weight excluding hydrogens is 232 g/mol. The third-order valence-electron chi connectivity index (χ3n) is 4.59. The standard InChI is InChI=1S/C17H22N2/c1-3-18-16-10-9-14(12(16)2)15-8-4-6-13-7-5-11-19-17(13)15/h4-8,11-12,14,16,18H,3,9-10H2,1-2H3. The third kappa shape index (κ3) is 2.25. The summed E-state index contributed by atoms with van der Waals surface area (Å²) >= 11 is 0. The Morgan fingerprint density at radius 3 is 2.89 bits per heavy atom. The molecule has 0 aliphatic heterocycles. The summed E-state index contributed by atoms with van der Waals surface area (Å²) in [5, 5.41) is 4.88. The Hall–Kier alpha value is -1.41. The zero-order valence-electron chi connectivity index (χ0n) is 11.8. The Morgan fingerprint density at radius 2 is 2.05 bits per heavy atom. The molecule has 2 heteroatoms.